The predicted molar refractivity (Wildman–Crippen MR) is 111 cm³/mol. The fourth-order valence-electron chi connectivity index (χ4n) is 1.98. The third kappa shape index (κ3) is 16.5. The zero-order valence-corrected chi connectivity index (χ0v) is 18.8. The molecule has 0 aliphatic heterocycles. The molecule has 0 bridgehead atoms. The number of amides is 2. The number of nitrogens with one attached hydrogen (secondary N) is 2. The van der Waals surface area contributed by atoms with Crippen LogP contribution in [-0.2, 0) is 28.7 Å². The van der Waals surface area contributed by atoms with Gasteiger partial charge in [0.05, 0.1) is 19.8 Å². The minimum Gasteiger partial charge on any atom is -0.466 e. The van der Waals surface area contributed by atoms with Gasteiger partial charge in [-0.25, -0.2) is 4.79 Å². The molecule has 1 atom stereocenters. The van der Waals surface area contributed by atoms with Gasteiger partial charge >= 0.3 is 11.9 Å². The van der Waals surface area contributed by atoms with E-state index in [1.165, 1.54) is 6.42 Å². The molecule has 0 fully saturated rings. The largest absolute Gasteiger partial charge is 0.466 e. The van der Waals surface area contributed by atoms with Crippen molar-refractivity contribution in [2.75, 3.05) is 26.3 Å². The van der Waals surface area contributed by atoms with Gasteiger partial charge in [0.2, 0.25) is 11.8 Å². The molecular formula is C20H39N3O6. The van der Waals surface area contributed by atoms with Crippen LogP contribution < -0.4 is 16.4 Å². The Labute approximate surface area is 174 Å². The van der Waals surface area contributed by atoms with Gasteiger partial charge in [0.15, 0.2) is 0 Å². The molecular weight excluding hydrogens is 378 g/mol. The summed E-state index contributed by atoms with van der Waals surface area (Å²) in [6.45, 7) is 11.7. The van der Waals surface area contributed by atoms with E-state index in [-0.39, 0.29) is 50.3 Å². The molecule has 29 heavy (non-hydrogen) atoms. The standard InChI is InChI=1S/C17H31N3O6.C3H8/c1-5-25-15(23)8-7-12(16(24)26-6-2)20-14(22)10-19-13(21)9-17(3,4)11-18;1-3-2/h12H,5-11,18H2,1-4H3,(H,19,21)(H,20,22);3H2,1-2H3. The lowest BCUT2D eigenvalue weighted by atomic mass is 9.89. The summed E-state index contributed by atoms with van der Waals surface area (Å²) < 4.78 is 9.70. The van der Waals surface area contributed by atoms with Crippen LogP contribution in [0.5, 0.6) is 0 Å². The van der Waals surface area contributed by atoms with Crippen molar-refractivity contribution in [1.82, 2.24) is 10.6 Å². The highest BCUT2D eigenvalue weighted by Gasteiger charge is 2.24. The molecule has 0 rings (SSSR count). The SMILES string of the molecule is CCC.CCOC(=O)CCC(NC(=O)CNC(=O)CC(C)(C)CN)C(=O)OCC. The summed E-state index contributed by atoms with van der Waals surface area (Å²) in [5.74, 6) is -1.96. The van der Waals surface area contributed by atoms with Gasteiger partial charge < -0.3 is 25.8 Å². The van der Waals surface area contributed by atoms with Crippen LogP contribution in [-0.4, -0.2) is 56.1 Å². The average Bonchev–Trinajstić information content (AvgIpc) is 2.64. The summed E-state index contributed by atoms with van der Waals surface area (Å²) in [7, 11) is 0. The molecule has 0 aliphatic rings. The van der Waals surface area contributed by atoms with Crippen LogP contribution in [0.2, 0.25) is 0 Å². The number of carbonyl (C=O) groups excluding carboxylic acids is 4. The normalized spacial score (nSPS) is 11.4. The molecule has 0 aromatic rings. The van der Waals surface area contributed by atoms with Crippen molar-refractivity contribution in [1.29, 1.82) is 0 Å². The molecule has 2 amide bonds. The van der Waals surface area contributed by atoms with E-state index >= 15 is 0 Å². The number of nitrogens with two attached hydrogens (primary N) is 1. The van der Waals surface area contributed by atoms with Gasteiger partial charge in [-0.3, -0.25) is 14.4 Å². The predicted octanol–water partition coefficient (Wildman–Crippen LogP) is 1.29. The molecule has 0 aliphatic carbocycles. The van der Waals surface area contributed by atoms with E-state index in [1.54, 1.807) is 13.8 Å². The number of carbonyl (C=O) groups is 4. The zero-order chi connectivity index (χ0) is 22.9. The van der Waals surface area contributed by atoms with Crippen molar-refractivity contribution in [3.8, 4) is 0 Å². The van der Waals surface area contributed by atoms with Crippen molar-refractivity contribution in [3.63, 3.8) is 0 Å². The second kappa shape index (κ2) is 16.8. The van der Waals surface area contributed by atoms with Crippen molar-refractivity contribution in [2.45, 2.75) is 73.3 Å². The topological polar surface area (TPSA) is 137 Å². The highest BCUT2D eigenvalue weighted by atomic mass is 16.5. The van der Waals surface area contributed by atoms with Gasteiger partial charge in [-0.05, 0) is 32.2 Å². The van der Waals surface area contributed by atoms with Crippen molar-refractivity contribution in [3.05, 3.63) is 0 Å². The molecule has 0 heterocycles. The number of esters is 2. The third-order valence-electron chi connectivity index (χ3n) is 3.49. The van der Waals surface area contributed by atoms with E-state index in [0.29, 0.717) is 6.54 Å². The van der Waals surface area contributed by atoms with E-state index in [2.05, 4.69) is 24.5 Å². The van der Waals surface area contributed by atoms with Crippen LogP contribution in [0.25, 0.3) is 0 Å². The Kier molecular flexibility index (Phi) is 16.8. The maximum absolute atomic E-state index is 12.0. The van der Waals surface area contributed by atoms with Crippen LogP contribution in [0.1, 0.15) is 67.2 Å². The summed E-state index contributed by atoms with van der Waals surface area (Å²) in [5, 5.41) is 4.95. The van der Waals surface area contributed by atoms with E-state index in [1.807, 2.05) is 13.8 Å². The van der Waals surface area contributed by atoms with Crippen LogP contribution in [0, 0.1) is 5.41 Å². The average molecular weight is 418 g/mol. The second-order valence-electron chi connectivity index (χ2n) is 7.24. The number of ether oxygens (including phenoxy) is 2. The maximum Gasteiger partial charge on any atom is 0.328 e. The number of hydrogen-bond acceptors (Lipinski definition) is 7. The fourth-order valence-corrected chi connectivity index (χ4v) is 1.98. The van der Waals surface area contributed by atoms with Gasteiger partial charge in [-0.1, -0.05) is 34.1 Å². The Morgan fingerprint density at radius 1 is 0.966 bits per heavy atom. The summed E-state index contributed by atoms with van der Waals surface area (Å²) in [6.07, 6.45) is 1.45. The van der Waals surface area contributed by atoms with Crippen molar-refractivity contribution < 1.29 is 28.7 Å². The number of rotatable bonds is 12. The third-order valence-corrected chi connectivity index (χ3v) is 3.49. The quantitative estimate of drug-likeness (QED) is 0.407. The van der Waals surface area contributed by atoms with Crippen LogP contribution in [0.3, 0.4) is 0 Å². The Hall–Kier alpha value is -2.16. The minimum atomic E-state index is -0.982. The molecule has 170 valence electrons. The summed E-state index contributed by atoms with van der Waals surface area (Å²) in [6, 6.07) is -0.982. The Bertz CT molecular complexity index is 508. The Balaban J connectivity index is 0. The van der Waals surface area contributed by atoms with Gasteiger partial charge in [0.25, 0.3) is 0 Å². The Morgan fingerprint density at radius 2 is 1.52 bits per heavy atom. The lowest BCUT2D eigenvalue weighted by Crippen LogP contribution is -2.47. The molecule has 0 radical (unpaired) electrons. The van der Waals surface area contributed by atoms with E-state index in [4.69, 9.17) is 15.2 Å². The monoisotopic (exact) mass is 417 g/mol. The molecule has 9 nitrogen and oxygen atoms in total. The zero-order valence-electron chi connectivity index (χ0n) is 18.8. The molecule has 9 heteroatoms. The molecule has 0 saturated carbocycles. The van der Waals surface area contributed by atoms with E-state index < -0.39 is 23.9 Å². The summed E-state index contributed by atoms with van der Waals surface area (Å²) in [4.78, 5) is 47.2. The van der Waals surface area contributed by atoms with Crippen molar-refractivity contribution in [2.24, 2.45) is 11.1 Å². The molecule has 1 unspecified atom stereocenters. The first-order valence-electron chi connectivity index (χ1n) is 10.1. The van der Waals surface area contributed by atoms with Crippen LogP contribution in [0.15, 0.2) is 0 Å². The lowest BCUT2D eigenvalue weighted by molar-refractivity contribution is -0.148. The van der Waals surface area contributed by atoms with Gasteiger partial charge in [0, 0.05) is 12.8 Å². The first-order chi connectivity index (χ1) is 13.6. The molecule has 0 aromatic carbocycles. The Morgan fingerprint density at radius 3 is 2.00 bits per heavy atom. The molecule has 4 N–H and O–H groups in total. The van der Waals surface area contributed by atoms with Gasteiger partial charge in [-0.2, -0.15) is 0 Å². The van der Waals surface area contributed by atoms with E-state index in [0.717, 1.165) is 0 Å². The lowest BCUT2D eigenvalue weighted by Gasteiger charge is -2.21. The van der Waals surface area contributed by atoms with Crippen molar-refractivity contribution >= 4 is 23.8 Å². The smallest absolute Gasteiger partial charge is 0.328 e. The van der Waals surface area contributed by atoms with E-state index in [9.17, 15) is 19.2 Å². The van der Waals surface area contributed by atoms with Crippen LogP contribution in [0.4, 0.5) is 0 Å². The molecule has 0 spiro atoms. The number of hydrogen-bond donors (Lipinski definition) is 3. The maximum atomic E-state index is 12.0. The van der Waals surface area contributed by atoms with Crippen LogP contribution >= 0.6 is 0 Å². The van der Waals surface area contributed by atoms with Gasteiger partial charge in [0.1, 0.15) is 6.04 Å². The first-order valence-corrected chi connectivity index (χ1v) is 10.1. The first kappa shape index (κ1) is 29.0. The minimum absolute atomic E-state index is 0.0331. The highest BCUT2D eigenvalue weighted by Crippen LogP contribution is 2.17. The second-order valence-corrected chi connectivity index (χ2v) is 7.24. The highest BCUT2D eigenvalue weighted by molar-refractivity contribution is 5.88. The van der Waals surface area contributed by atoms with Gasteiger partial charge in [-0.15, -0.1) is 0 Å². The fraction of sp³-hybridized carbons (Fsp3) is 0.800. The summed E-state index contributed by atoms with van der Waals surface area (Å²) in [5.41, 5.74) is 5.20. The molecule has 0 aromatic heterocycles. The summed E-state index contributed by atoms with van der Waals surface area (Å²) >= 11 is 0. The molecule has 0 saturated heterocycles.